The van der Waals surface area contributed by atoms with Crippen LogP contribution in [-0.4, -0.2) is 50.7 Å². The molecule has 2 atom stereocenters. The van der Waals surface area contributed by atoms with Crippen molar-refractivity contribution >= 4 is 35.6 Å². The highest BCUT2D eigenvalue weighted by atomic mass is 35.5. The van der Waals surface area contributed by atoms with Crippen molar-refractivity contribution in [1.82, 2.24) is 5.32 Å². The van der Waals surface area contributed by atoms with Crippen LogP contribution in [-0.2, 0) is 9.47 Å². The lowest BCUT2D eigenvalue weighted by molar-refractivity contribution is -0.0262. The number of benzene rings is 1. The van der Waals surface area contributed by atoms with E-state index in [9.17, 15) is 0 Å². The van der Waals surface area contributed by atoms with Crippen LogP contribution < -0.4 is 5.32 Å². The van der Waals surface area contributed by atoms with Gasteiger partial charge in [-0.2, -0.15) is 0 Å². The van der Waals surface area contributed by atoms with E-state index in [0.29, 0.717) is 29.9 Å². The second kappa shape index (κ2) is 9.85. The molecule has 1 aliphatic heterocycles. The molecule has 120 valence electrons. The fourth-order valence-electron chi connectivity index (χ4n) is 2.29. The molecule has 0 aromatic heterocycles. The molecule has 2 N–H and O–H groups in total. The first-order chi connectivity index (χ1) is 9.72. The number of nitrogens with one attached hydrogen (secondary N) is 1. The summed E-state index contributed by atoms with van der Waals surface area (Å²) in [6.45, 7) is 3.04. The molecule has 2 rings (SSSR count). The zero-order valence-corrected chi connectivity index (χ0v) is 13.9. The first-order valence-corrected chi connectivity index (χ1v) is 7.44. The van der Waals surface area contributed by atoms with Gasteiger partial charge in [0, 0.05) is 19.0 Å². The van der Waals surface area contributed by atoms with Gasteiger partial charge >= 0.3 is 0 Å². The Morgan fingerprint density at radius 2 is 2.14 bits per heavy atom. The molecule has 1 aromatic rings. The lowest BCUT2D eigenvalue weighted by Gasteiger charge is -2.25. The van der Waals surface area contributed by atoms with Gasteiger partial charge in [0.25, 0.3) is 0 Å². The van der Waals surface area contributed by atoms with Crippen LogP contribution in [0.25, 0.3) is 0 Å². The highest BCUT2D eigenvalue weighted by molar-refractivity contribution is 6.42. The molecule has 1 fully saturated rings. The van der Waals surface area contributed by atoms with Gasteiger partial charge in [-0.05, 0) is 17.7 Å². The molecule has 4 nitrogen and oxygen atoms in total. The van der Waals surface area contributed by atoms with Crippen molar-refractivity contribution in [2.45, 2.75) is 12.0 Å². The Morgan fingerprint density at radius 3 is 2.86 bits per heavy atom. The van der Waals surface area contributed by atoms with Crippen molar-refractivity contribution in [1.29, 1.82) is 0 Å². The van der Waals surface area contributed by atoms with Crippen molar-refractivity contribution in [2.75, 3.05) is 39.5 Å². The lowest BCUT2D eigenvalue weighted by Crippen LogP contribution is -2.31. The van der Waals surface area contributed by atoms with Crippen LogP contribution in [0.15, 0.2) is 18.2 Å². The van der Waals surface area contributed by atoms with Gasteiger partial charge in [0.1, 0.15) is 0 Å². The van der Waals surface area contributed by atoms with Crippen molar-refractivity contribution in [3.05, 3.63) is 33.8 Å². The third-order valence-corrected chi connectivity index (χ3v) is 4.05. The summed E-state index contributed by atoms with van der Waals surface area (Å²) < 4.78 is 11.3. The monoisotopic (exact) mass is 355 g/mol. The van der Waals surface area contributed by atoms with Crippen molar-refractivity contribution < 1.29 is 14.6 Å². The molecule has 0 radical (unpaired) electrons. The molecule has 0 bridgehead atoms. The third kappa shape index (κ3) is 5.57. The standard InChI is InChI=1S/C14H19Cl2NO3.ClH/c15-12-2-1-10(7-13(12)16)11-8-17-3-5-20-14(11)9-19-6-4-18;/h1-2,7,11,14,17-18H,3-6,8-9H2;1H/t11-,14-;/m0./s1. The van der Waals surface area contributed by atoms with Crippen LogP contribution in [0.5, 0.6) is 0 Å². The van der Waals surface area contributed by atoms with Crippen molar-refractivity contribution in [3.63, 3.8) is 0 Å². The van der Waals surface area contributed by atoms with E-state index < -0.39 is 0 Å². The fourth-order valence-corrected chi connectivity index (χ4v) is 2.60. The SMILES string of the molecule is Cl.OCCOC[C@@H]1OCCNC[C@H]1c1ccc(Cl)c(Cl)c1. The van der Waals surface area contributed by atoms with Crippen LogP contribution in [0.3, 0.4) is 0 Å². The minimum atomic E-state index is -0.0613. The van der Waals surface area contributed by atoms with Gasteiger partial charge in [-0.3, -0.25) is 0 Å². The molecular weight excluding hydrogens is 337 g/mol. The summed E-state index contributed by atoms with van der Waals surface area (Å²) in [5.74, 6) is 0.144. The van der Waals surface area contributed by atoms with Gasteiger partial charge in [0.15, 0.2) is 0 Å². The summed E-state index contributed by atoms with van der Waals surface area (Å²) in [7, 11) is 0. The number of aliphatic hydroxyl groups is 1. The van der Waals surface area contributed by atoms with E-state index in [1.54, 1.807) is 6.07 Å². The quantitative estimate of drug-likeness (QED) is 0.796. The van der Waals surface area contributed by atoms with E-state index in [2.05, 4.69) is 5.32 Å². The van der Waals surface area contributed by atoms with Crippen LogP contribution in [0.4, 0.5) is 0 Å². The summed E-state index contributed by atoms with van der Waals surface area (Å²) in [6, 6.07) is 5.65. The molecule has 1 heterocycles. The molecule has 7 heteroatoms. The Hall–Kier alpha value is -0.0700. The zero-order chi connectivity index (χ0) is 14.4. The van der Waals surface area contributed by atoms with E-state index in [1.807, 2.05) is 12.1 Å². The maximum absolute atomic E-state index is 8.79. The van der Waals surface area contributed by atoms with Gasteiger partial charge in [-0.1, -0.05) is 29.3 Å². The highest BCUT2D eigenvalue weighted by Crippen LogP contribution is 2.29. The van der Waals surface area contributed by atoms with Crippen LogP contribution in [0.1, 0.15) is 11.5 Å². The highest BCUT2D eigenvalue weighted by Gasteiger charge is 2.26. The first-order valence-electron chi connectivity index (χ1n) is 6.68. The average molecular weight is 357 g/mol. The van der Waals surface area contributed by atoms with Crippen LogP contribution in [0, 0.1) is 0 Å². The molecule has 0 spiro atoms. The summed E-state index contributed by atoms with van der Waals surface area (Å²) in [5.41, 5.74) is 1.08. The Kier molecular flexibility index (Phi) is 8.90. The summed E-state index contributed by atoms with van der Waals surface area (Å²) in [6.07, 6.45) is -0.0613. The molecule has 0 unspecified atom stereocenters. The molecule has 1 saturated heterocycles. The summed E-state index contributed by atoms with van der Waals surface area (Å²) in [5, 5.41) is 13.2. The molecule has 0 amide bonds. The second-order valence-corrected chi connectivity index (χ2v) is 5.51. The van der Waals surface area contributed by atoms with E-state index in [0.717, 1.165) is 18.7 Å². The van der Waals surface area contributed by atoms with Gasteiger partial charge in [-0.25, -0.2) is 0 Å². The second-order valence-electron chi connectivity index (χ2n) is 4.69. The van der Waals surface area contributed by atoms with Crippen molar-refractivity contribution in [2.24, 2.45) is 0 Å². The normalized spacial score (nSPS) is 22.4. The summed E-state index contributed by atoms with van der Waals surface area (Å²) in [4.78, 5) is 0. The minimum absolute atomic E-state index is 0. The number of rotatable bonds is 5. The Balaban J connectivity index is 0.00000220. The molecular formula is C14H20Cl3NO3. The van der Waals surface area contributed by atoms with Crippen molar-refractivity contribution in [3.8, 4) is 0 Å². The fraction of sp³-hybridized carbons (Fsp3) is 0.571. The topological polar surface area (TPSA) is 50.7 Å². The zero-order valence-electron chi connectivity index (χ0n) is 11.6. The molecule has 1 aromatic carbocycles. The van der Waals surface area contributed by atoms with E-state index in [-0.39, 0.29) is 31.0 Å². The largest absolute Gasteiger partial charge is 0.394 e. The number of hydrogen-bond donors (Lipinski definition) is 2. The Labute approximate surface area is 141 Å². The Morgan fingerprint density at radius 1 is 1.33 bits per heavy atom. The van der Waals surface area contributed by atoms with Gasteiger partial charge in [0.05, 0.1) is 42.6 Å². The molecule has 0 aliphatic carbocycles. The predicted molar refractivity (Wildman–Crippen MR) is 87.0 cm³/mol. The first kappa shape index (κ1) is 19.0. The number of hydrogen-bond acceptors (Lipinski definition) is 4. The molecule has 21 heavy (non-hydrogen) atoms. The van der Waals surface area contributed by atoms with Gasteiger partial charge in [0.2, 0.25) is 0 Å². The number of halogens is 3. The van der Waals surface area contributed by atoms with E-state index >= 15 is 0 Å². The predicted octanol–water partition coefficient (Wildman–Crippen LogP) is 2.50. The Bertz CT molecular complexity index is 434. The van der Waals surface area contributed by atoms with Gasteiger partial charge in [-0.15, -0.1) is 12.4 Å². The number of aliphatic hydroxyl groups excluding tert-OH is 1. The van der Waals surface area contributed by atoms with Crippen LogP contribution in [0.2, 0.25) is 10.0 Å². The molecule has 1 aliphatic rings. The minimum Gasteiger partial charge on any atom is -0.394 e. The number of ether oxygens (including phenoxy) is 2. The van der Waals surface area contributed by atoms with E-state index in [4.69, 9.17) is 37.8 Å². The molecule has 0 saturated carbocycles. The lowest BCUT2D eigenvalue weighted by atomic mass is 9.93. The summed E-state index contributed by atoms with van der Waals surface area (Å²) >= 11 is 12.1. The van der Waals surface area contributed by atoms with Gasteiger partial charge < -0.3 is 19.9 Å². The maximum Gasteiger partial charge on any atom is 0.0889 e. The van der Waals surface area contributed by atoms with E-state index in [1.165, 1.54) is 0 Å². The smallest absolute Gasteiger partial charge is 0.0889 e. The average Bonchev–Trinajstić information content (AvgIpc) is 2.68. The third-order valence-electron chi connectivity index (χ3n) is 3.31. The van der Waals surface area contributed by atoms with Crippen LogP contribution >= 0.6 is 35.6 Å². The maximum atomic E-state index is 8.79.